The van der Waals surface area contributed by atoms with Gasteiger partial charge in [-0.15, -0.1) is 0 Å². The molecule has 0 unspecified atom stereocenters. The van der Waals surface area contributed by atoms with Crippen molar-refractivity contribution in [3.63, 3.8) is 0 Å². The highest BCUT2D eigenvalue weighted by molar-refractivity contribution is 5.80. The van der Waals surface area contributed by atoms with E-state index in [1.54, 1.807) is 12.3 Å². The van der Waals surface area contributed by atoms with Gasteiger partial charge in [0.05, 0.1) is 31.0 Å². The molecule has 1 fully saturated rings. The molecule has 3 heterocycles. The molecule has 0 spiro atoms. The average Bonchev–Trinajstić information content (AvgIpc) is 3.21. The normalized spacial score (nSPS) is 19.7. The van der Waals surface area contributed by atoms with Crippen molar-refractivity contribution < 1.29 is 14.0 Å². The van der Waals surface area contributed by atoms with E-state index in [2.05, 4.69) is 14.9 Å². The van der Waals surface area contributed by atoms with Crippen LogP contribution in [0.5, 0.6) is 0 Å². The number of aromatic nitrogens is 2. The first kappa shape index (κ1) is 16.9. The van der Waals surface area contributed by atoms with Crippen LogP contribution < -0.4 is 5.32 Å². The Bertz CT molecular complexity index is 792. The summed E-state index contributed by atoms with van der Waals surface area (Å²) in [6.45, 7) is 3.85. The van der Waals surface area contributed by atoms with Crippen molar-refractivity contribution in [2.24, 2.45) is 5.92 Å². The Balaban J connectivity index is 1.38. The molecule has 2 aromatic rings. The predicted molar refractivity (Wildman–Crippen MR) is 94.0 cm³/mol. The number of imidazole rings is 1. The number of carbonyl (C=O) groups excluding carboxylic acids is 2. The van der Waals surface area contributed by atoms with Gasteiger partial charge in [0.1, 0.15) is 11.6 Å². The second kappa shape index (κ2) is 6.97. The number of carbonyl (C=O) groups is 2. The van der Waals surface area contributed by atoms with Crippen LogP contribution in [0.1, 0.15) is 49.5 Å². The van der Waals surface area contributed by atoms with Crippen molar-refractivity contribution >= 4 is 11.8 Å². The van der Waals surface area contributed by atoms with E-state index in [0.717, 1.165) is 43.1 Å². The van der Waals surface area contributed by atoms with E-state index in [1.807, 2.05) is 24.1 Å². The third-order valence-electron chi connectivity index (χ3n) is 5.40. The molecular formula is C19H24N4O3. The fourth-order valence-electron chi connectivity index (χ4n) is 3.65. The monoisotopic (exact) mass is 356 g/mol. The van der Waals surface area contributed by atoms with Gasteiger partial charge >= 0.3 is 0 Å². The summed E-state index contributed by atoms with van der Waals surface area (Å²) in [7, 11) is 0. The van der Waals surface area contributed by atoms with Crippen LogP contribution in [-0.2, 0) is 29.1 Å². The van der Waals surface area contributed by atoms with E-state index in [-0.39, 0.29) is 30.2 Å². The first-order valence-corrected chi connectivity index (χ1v) is 9.27. The molecular weight excluding hydrogens is 332 g/mol. The van der Waals surface area contributed by atoms with Crippen LogP contribution in [-0.4, -0.2) is 32.8 Å². The Labute approximate surface area is 152 Å². The molecule has 2 aliphatic rings. The molecule has 0 aromatic carbocycles. The molecule has 0 radical (unpaired) electrons. The second-order valence-electron chi connectivity index (χ2n) is 7.15. The molecule has 2 aromatic heterocycles. The first-order chi connectivity index (χ1) is 12.6. The number of rotatable bonds is 5. The minimum atomic E-state index is -0.0908. The molecule has 1 aliphatic heterocycles. The number of nitrogens with zero attached hydrogens (tertiary/aromatic N) is 3. The van der Waals surface area contributed by atoms with Crippen LogP contribution in [0.15, 0.2) is 29.0 Å². The lowest BCUT2D eigenvalue weighted by Gasteiger charge is -2.38. The first-order valence-electron chi connectivity index (χ1n) is 9.27. The van der Waals surface area contributed by atoms with E-state index < -0.39 is 0 Å². The van der Waals surface area contributed by atoms with Crippen molar-refractivity contribution in [1.29, 1.82) is 0 Å². The molecule has 1 N–H and O–H groups in total. The molecule has 4 rings (SSSR count). The summed E-state index contributed by atoms with van der Waals surface area (Å²) in [4.78, 5) is 31.3. The molecule has 1 atom stereocenters. The molecule has 0 saturated heterocycles. The zero-order valence-electron chi connectivity index (χ0n) is 15.0. The Kier molecular flexibility index (Phi) is 4.53. The molecule has 26 heavy (non-hydrogen) atoms. The minimum absolute atomic E-state index is 0.0446. The molecule has 7 nitrogen and oxygen atoms in total. The summed E-state index contributed by atoms with van der Waals surface area (Å²) in [5.41, 5.74) is 0.738. The zero-order chi connectivity index (χ0) is 18.1. The Morgan fingerprint density at radius 2 is 2.19 bits per heavy atom. The second-order valence-corrected chi connectivity index (χ2v) is 7.15. The molecule has 2 amide bonds. The molecule has 0 bridgehead atoms. The van der Waals surface area contributed by atoms with Crippen molar-refractivity contribution in [3.05, 3.63) is 41.9 Å². The predicted octanol–water partition coefficient (Wildman–Crippen LogP) is 2.04. The van der Waals surface area contributed by atoms with Crippen molar-refractivity contribution in [3.8, 4) is 0 Å². The van der Waals surface area contributed by atoms with Gasteiger partial charge in [-0.05, 0) is 31.9 Å². The summed E-state index contributed by atoms with van der Waals surface area (Å²) in [6, 6.07) is 3.57. The number of furan rings is 1. The summed E-state index contributed by atoms with van der Waals surface area (Å²) < 4.78 is 7.28. The lowest BCUT2D eigenvalue weighted by atomic mass is 9.84. The smallest absolute Gasteiger partial charge is 0.226 e. The van der Waals surface area contributed by atoms with Gasteiger partial charge in [0.2, 0.25) is 11.8 Å². The number of amides is 2. The van der Waals surface area contributed by atoms with Crippen LogP contribution in [0, 0.1) is 5.92 Å². The van der Waals surface area contributed by atoms with Gasteiger partial charge in [0.15, 0.2) is 0 Å². The highest BCUT2D eigenvalue weighted by Crippen LogP contribution is 2.33. The van der Waals surface area contributed by atoms with Crippen molar-refractivity contribution in [2.45, 2.75) is 51.7 Å². The van der Waals surface area contributed by atoms with Crippen LogP contribution >= 0.6 is 0 Å². The largest absolute Gasteiger partial charge is 0.467 e. The number of hydrogen-bond donors (Lipinski definition) is 1. The van der Waals surface area contributed by atoms with Gasteiger partial charge in [-0.1, -0.05) is 6.42 Å². The highest BCUT2D eigenvalue weighted by Gasteiger charge is 2.35. The summed E-state index contributed by atoms with van der Waals surface area (Å²) >= 11 is 0. The van der Waals surface area contributed by atoms with E-state index >= 15 is 0 Å². The van der Waals surface area contributed by atoms with Crippen LogP contribution in [0.3, 0.4) is 0 Å². The molecule has 138 valence electrons. The van der Waals surface area contributed by atoms with Gasteiger partial charge in [-0.2, -0.15) is 0 Å². The van der Waals surface area contributed by atoms with Gasteiger partial charge in [-0.3, -0.25) is 9.59 Å². The van der Waals surface area contributed by atoms with Crippen LogP contribution in [0.4, 0.5) is 0 Å². The summed E-state index contributed by atoms with van der Waals surface area (Å²) in [5.74, 6) is 1.97. The van der Waals surface area contributed by atoms with Crippen LogP contribution in [0.2, 0.25) is 0 Å². The lowest BCUT2D eigenvalue weighted by molar-refractivity contribution is -0.141. The quantitative estimate of drug-likeness (QED) is 0.889. The highest BCUT2D eigenvalue weighted by atomic mass is 16.3. The third-order valence-corrected chi connectivity index (χ3v) is 5.40. The van der Waals surface area contributed by atoms with Crippen molar-refractivity contribution in [2.75, 3.05) is 6.54 Å². The fourth-order valence-corrected chi connectivity index (χ4v) is 3.65. The third kappa shape index (κ3) is 3.25. The molecule has 1 aliphatic carbocycles. The van der Waals surface area contributed by atoms with E-state index in [1.165, 1.54) is 0 Å². The Morgan fingerprint density at radius 3 is 2.88 bits per heavy atom. The van der Waals surface area contributed by atoms with E-state index in [0.29, 0.717) is 13.1 Å². The number of fused-ring (bicyclic) bond motifs is 1. The summed E-state index contributed by atoms with van der Waals surface area (Å²) in [6.07, 6.45) is 6.93. The molecule has 1 saturated carbocycles. The maximum absolute atomic E-state index is 12.6. The zero-order valence-corrected chi connectivity index (χ0v) is 15.0. The van der Waals surface area contributed by atoms with Gasteiger partial charge in [0.25, 0.3) is 0 Å². The average molecular weight is 356 g/mol. The standard InChI is InChI=1S/C19H24N4O3/c1-13-18-21-15(10-17(24)20-11-16-6-3-9-26-16)12-22(18)7-8-23(13)19(25)14-4-2-5-14/h3,6,9,12-14H,2,4-5,7-8,10-11H2,1H3,(H,20,24)/t13-/m0/s1. The van der Waals surface area contributed by atoms with Gasteiger partial charge < -0.3 is 19.2 Å². The number of nitrogens with one attached hydrogen (secondary N) is 1. The van der Waals surface area contributed by atoms with E-state index in [4.69, 9.17) is 4.42 Å². The Hall–Kier alpha value is -2.57. The lowest BCUT2D eigenvalue weighted by Crippen LogP contribution is -2.45. The maximum atomic E-state index is 12.6. The Morgan fingerprint density at radius 1 is 1.35 bits per heavy atom. The number of hydrogen-bond acceptors (Lipinski definition) is 4. The van der Waals surface area contributed by atoms with E-state index in [9.17, 15) is 9.59 Å². The maximum Gasteiger partial charge on any atom is 0.226 e. The molecule has 7 heteroatoms. The van der Waals surface area contributed by atoms with Crippen molar-refractivity contribution in [1.82, 2.24) is 19.8 Å². The minimum Gasteiger partial charge on any atom is -0.467 e. The van der Waals surface area contributed by atoms with Crippen LogP contribution in [0.25, 0.3) is 0 Å². The van der Waals surface area contributed by atoms with Gasteiger partial charge in [-0.25, -0.2) is 4.98 Å². The summed E-state index contributed by atoms with van der Waals surface area (Å²) in [5, 5.41) is 2.84. The van der Waals surface area contributed by atoms with Gasteiger partial charge in [0, 0.05) is 25.2 Å². The SMILES string of the molecule is C[C@H]1c2nc(CC(=O)NCc3ccco3)cn2CCN1C(=O)C1CCC1. The fraction of sp³-hybridized carbons (Fsp3) is 0.526. The topological polar surface area (TPSA) is 80.4 Å².